The zero-order valence-corrected chi connectivity index (χ0v) is 10.0. The van der Waals surface area contributed by atoms with Crippen LogP contribution >= 0.6 is 0 Å². The lowest BCUT2D eigenvalue weighted by atomic mass is 9.96. The molecule has 0 unspecified atom stereocenters. The van der Waals surface area contributed by atoms with Gasteiger partial charge in [-0.15, -0.1) is 0 Å². The molecule has 2 rings (SSSR count). The first-order valence-corrected chi connectivity index (χ1v) is 6.15. The van der Waals surface area contributed by atoms with Gasteiger partial charge in [0.1, 0.15) is 5.82 Å². The van der Waals surface area contributed by atoms with E-state index in [1.165, 1.54) is 29.9 Å². The fourth-order valence-electron chi connectivity index (χ4n) is 2.50. The molecule has 0 saturated carbocycles. The molecular formula is C12H21N3. The average molecular weight is 207 g/mol. The van der Waals surface area contributed by atoms with Crippen LogP contribution in [0.25, 0.3) is 0 Å². The second-order valence-corrected chi connectivity index (χ2v) is 4.22. The van der Waals surface area contributed by atoms with Gasteiger partial charge in [-0.1, -0.05) is 13.8 Å². The molecule has 15 heavy (non-hydrogen) atoms. The molecule has 1 N–H and O–H groups in total. The molecule has 0 bridgehead atoms. The second-order valence-electron chi connectivity index (χ2n) is 4.22. The Bertz CT molecular complexity index is 337. The Morgan fingerprint density at radius 2 is 2.07 bits per heavy atom. The summed E-state index contributed by atoms with van der Waals surface area (Å²) in [5.41, 5.74) is 2.83. The molecule has 3 heteroatoms. The number of nitrogens with one attached hydrogen (secondary N) is 1. The number of hydrogen-bond donors (Lipinski definition) is 1. The number of hydrogen-bond acceptors (Lipinski definition) is 2. The van der Waals surface area contributed by atoms with Crippen molar-refractivity contribution in [3.05, 3.63) is 11.3 Å². The lowest BCUT2D eigenvalue weighted by Crippen LogP contribution is -2.06. The van der Waals surface area contributed by atoms with Gasteiger partial charge in [0.15, 0.2) is 0 Å². The molecule has 1 aromatic rings. The fourth-order valence-corrected chi connectivity index (χ4v) is 2.50. The third kappa shape index (κ3) is 1.64. The quantitative estimate of drug-likeness (QED) is 0.822. The minimum atomic E-state index is 0.645. The third-order valence-corrected chi connectivity index (χ3v) is 3.42. The van der Waals surface area contributed by atoms with Crippen LogP contribution in [0, 0.1) is 0 Å². The lowest BCUT2D eigenvalue weighted by Gasteiger charge is -2.10. The Hall–Kier alpha value is -0.990. The largest absolute Gasteiger partial charge is 0.370 e. The van der Waals surface area contributed by atoms with E-state index < -0.39 is 0 Å². The molecule has 0 amide bonds. The Morgan fingerprint density at radius 1 is 1.33 bits per heavy atom. The third-order valence-electron chi connectivity index (χ3n) is 3.42. The Kier molecular flexibility index (Phi) is 2.98. The average Bonchev–Trinajstić information content (AvgIpc) is 2.82. The highest BCUT2D eigenvalue weighted by atomic mass is 15.3. The van der Waals surface area contributed by atoms with Crippen LogP contribution in [0.2, 0.25) is 0 Å². The molecule has 0 atom stereocenters. The maximum atomic E-state index is 4.75. The van der Waals surface area contributed by atoms with E-state index in [9.17, 15) is 0 Å². The minimum Gasteiger partial charge on any atom is -0.370 e. The first kappa shape index (κ1) is 10.5. The van der Waals surface area contributed by atoms with Crippen molar-refractivity contribution in [3.8, 4) is 0 Å². The number of anilines is 1. The van der Waals surface area contributed by atoms with E-state index in [-0.39, 0.29) is 0 Å². The zero-order chi connectivity index (χ0) is 10.8. The molecule has 0 fully saturated rings. The van der Waals surface area contributed by atoms with Crippen LogP contribution in [-0.2, 0) is 13.0 Å². The van der Waals surface area contributed by atoms with Crippen LogP contribution in [-0.4, -0.2) is 16.3 Å². The van der Waals surface area contributed by atoms with Crippen molar-refractivity contribution in [1.29, 1.82) is 0 Å². The smallest absolute Gasteiger partial charge is 0.127 e. The van der Waals surface area contributed by atoms with E-state index in [2.05, 4.69) is 30.8 Å². The standard InChI is InChI=1S/C12H21N3/c1-4-9(5-2)11-10-7-8-13-12(10)15(6-3)14-11/h9,13H,4-8H2,1-3H3. The van der Waals surface area contributed by atoms with E-state index in [4.69, 9.17) is 5.10 Å². The minimum absolute atomic E-state index is 0.645. The van der Waals surface area contributed by atoms with Gasteiger partial charge < -0.3 is 5.32 Å². The molecular weight excluding hydrogens is 186 g/mol. The van der Waals surface area contributed by atoms with Crippen molar-refractivity contribution < 1.29 is 0 Å². The molecule has 1 aromatic heterocycles. The van der Waals surface area contributed by atoms with Crippen LogP contribution < -0.4 is 5.32 Å². The summed E-state index contributed by atoms with van der Waals surface area (Å²) in [4.78, 5) is 0. The summed E-state index contributed by atoms with van der Waals surface area (Å²) in [5.74, 6) is 1.92. The van der Waals surface area contributed by atoms with Gasteiger partial charge in [-0.2, -0.15) is 5.10 Å². The number of aromatic nitrogens is 2. The van der Waals surface area contributed by atoms with Gasteiger partial charge in [-0.25, -0.2) is 4.68 Å². The Morgan fingerprint density at radius 3 is 2.67 bits per heavy atom. The molecule has 0 radical (unpaired) electrons. The van der Waals surface area contributed by atoms with Crippen molar-refractivity contribution in [2.75, 3.05) is 11.9 Å². The Balaban J connectivity index is 2.39. The van der Waals surface area contributed by atoms with Crippen molar-refractivity contribution >= 4 is 5.82 Å². The SMILES string of the molecule is CCC(CC)c1nn(CC)c2c1CCN2. The van der Waals surface area contributed by atoms with Crippen LogP contribution in [0.3, 0.4) is 0 Å². The van der Waals surface area contributed by atoms with E-state index in [0.717, 1.165) is 19.5 Å². The van der Waals surface area contributed by atoms with Gasteiger partial charge >= 0.3 is 0 Å². The molecule has 3 nitrogen and oxygen atoms in total. The van der Waals surface area contributed by atoms with Gasteiger partial charge in [0.25, 0.3) is 0 Å². The van der Waals surface area contributed by atoms with Crippen LogP contribution in [0.15, 0.2) is 0 Å². The zero-order valence-electron chi connectivity index (χ0n) is 10.0. The van der Waals surface area contributed by atoms with E-state index in [1.54, 1.807) is 0 Å². The first-order chi connectivity index (χ1) is 7.31. The summed E-state index contributed by atoms with van der Waals surface area (Å²) in [6.07, 6.45) is 3.55. The summed E-state index contributed by atoms with van der Waals surface area (Å²) in [7, 11) is 0. The summed E-state index contributed by atoms with van der Waals surface area (Å²) in [5, 5.41) is 8.19. The van der Waals surface area contributed by atoms with Crippen LogP contribution in [0.1, 0.15) is 50.8 Å². The van der Waals surface area contributed by atoms with E-state index >= 15 is 0 Å². The van der Waals surface area contributed by atoms with Crippen molar-refractivity contribution in [1.82, 2.24) is 9.78 Å². The highest BCUT2D eigenvalue weighted by molar-refractivity contribution is 5.53. The van der Waals surface area contributed by atoms with Crippen molar-refractivity contribution in [2.45, 2.75) is 52.5 Å². The van der Waals surface area contributed by atoms with Gasteiger partial charge in [0.05, 0.1) is 5.69 Å². The topological polar surface area (TPSA) is 29.9 Å². The number of fused-ring (bicyclic) bond motifs is 1. The Labute approximate surface area is 91.9 Å². The fraction of sp³-hybridized carbons (Fsp3) is 0.750. The molecule has 84 valence electrons. The summed E-state index contributed by atoms with van der Waals surface area (Å²) in [6, 6.07) is 0. The molecule has 1 aliphatic heterocycles. The highest BCUT2D eigenvalue weighted by Crippen LogP contribution is 2.33. The van der Waals surface area contributed by atoms with E-state index in [0.29, 0.717) is 5.92 Å². The van der Waals surface area contributed by atoms with Crippen LogP contribution in [0.5, 0.6) is 0 Å². The number of nitrogens with zero attached hydrogens (tertiary/aromatic N) is 2. The van der Waals surface area contributed by atoms with Crippen molar-refractivity contribution in [2.24, 2.45) is 0 Å². The number of rotatable bonds is 4. The van der Waals surface area contributed by atoms with Crippen LogP contribution in [0.4, 0.5) is 5.82 Å². The predicted octanol–water partition coefficient (Wildman–Crippen LogP) is 2.77. The molecule has 0 saturated heterocycles. The molecule has 0 spiro atoms. The normalized spacial score (nSPS) is 14.4. The van der Waals surface area contributed by atoms with Gasteiger partial charge in [0, 0.05) is 24.6 Å². The summed E-state index contributed by atoms with van der Waals surface area (Å²) >= 11 is 0. The summed E-state index contributed by atoms with van der Waals surface area (Å²) < 4.78 is 2.12. The first-order valence-electron chi connectivity index (χ1n) is 6.15. The van der Waals surface area contributed by atoms with E-state index in [1.807, 2.05) is 0 Å². The molecule has 1 aliphatic rings. The van der Waals surface area contributed by atoms with Gasteiger partial charge in [0.2, 0.25) is 0 Å². The molecule has 0 aromatic carbocycles. The van der Waals surface area contributed by atoms with Crippen molar-refractivity contribution in [3.63, 3.8) is 0 Å². The molecule has 0 aliphatic carbocycles. The summed E-state index contributed by atoms with van der Waals surface area (Å²) in [6.45, 7) is 8.72. The van der Waals surface area contributed by atoms with Gasteiger partial charge in [-0.3, -0.25) is 0 Å². The van der Waals surface area contributed by atoms with Gasteiger partial charge in [-0.05, 0) is 26.2 Å². The lowest BCUT2D eigenvalue weighted by molar-refractivity contribution is 0.580. The number of aryl methyl sites for hydroxylation is 1. The second kappa shape index (κ2) is 4.25. The monoisotopic (exact) mass is 207 g/mol. The molecule has 2 heterocycles. The highest BCUT2D eigenvalue weighted by Gasteiger charge is 2.24. The maximum absolute atomic E-state index is 4.75. The maximum Gasteiger partial charge on any atom is 0.127 e. The predicted molar refractivity (Wildman–Crippen MR) is 63.4 cm³/mol.